The van der Waals surface area contributed by atoms with Gasteiger partial charge in [0, 0.05) is 11.3 Å². The molecule has 106 valence electrons. The van der Waals surface area contributed by atoms with Crippen LogP contribution in [0.1, 0.15) is 24.8 Å². The standard InChI is InChI=1S/C12H15F3N2OS/c13-12(14,15)9-4-3-5-10(8-9)19-7-2-1-6-11(18)17-16/h3-5,8H,1-2,6-7,16H2,(H,17,18). The van der Waals surface area contributed by atoms with E-state index in [-0.39, 0.29) is 5.91 Å². The van der Waals surface area contributed by atoms with Gasteiger partial charge < -0.3 is 0 Å². The summed E-state index contributed by atoms with van der Waals surface area (Å²) in [6.07, 6.45) is -2.57. The van der Waals surface area contributed by atoms with E-state index in [2.05, 4.69) is 0 Å². The molecule has 0 fully saturated rings. The van der Waals surface area contributed by atoms with Crippen molar-refractivity contribution in [3.63, 3.8) is 0 Å². The minimum absolute atomic E-state index is 0.232. The number of benzene rings is 1. The van der Waals surface area contributed by atoms with Crippen molar-refractivity contribution in [1.29, 1.82) is 0 Å². The Hall–Kier alpha value is -1.21. The number of halogens is 3. The number of alkyl halides is 3. The highest BCUT2D eigenvalue weighted by molar-refractivity contribution is 7.99. The normalized spacial score (nSPS) is 11.4. The van der Waals surface area contributed by atoms with Gasteiger partial charge in [-0.3, -0.25) is 10.2 Å². The Bertz CT molecular complexity index is 424. The minimum atomic E-state index is -4.31. The smallest absolute Gasteiger partial charge is 0.294 e. The van der Waals surface area contributed by atoms with E-state index >= 15 is 0 Å². The zero-order chi connectivity index (χ0) is 14.3. The lowest BCUT2D eigenvalue weighted by Gasteiger charge is -2.08. The molecule has 3 N–H and O–H groups in total. The fraction of sp³-hybridized carbons (Fsp3) is 0.417. The lowest BCUT2D eigenvalue weighted by Crippen LogP contribution is -2.29. The molecule has 0 radical (unpaired) electrons. The van der Waals surface area contributed by atoms with Gasteiger partial charge in [0.25, 0.3) is 0 Å². The topological polar surface area (TPSA) is 55.1 Å². The van der Waals surface area contributed by atoms with Crippen LogP contribution in [0.3, 0.4) is 0 Å². The lowest BCUT2D eigenvalue weighted by atomic mass is 10.2. The maximum Gasteiger partial charge on any atom is 0.416 e. The number of rotatable bonds is 6. The second kappa shape index (κ2) is 7.40. The van der Waals surface area contributed by atoms with Gasteiger partial charge in [-0.25, -0.2) is 5.84 Å². The predicted molar refractivity (Wildman–Crippen MR) is 68.3 cm³/mol. The first-order chi connectivity index (χ1) is 8.93. The van der Waals surface area contributed by atoms with Crippen molar-refractivity contribution in [1.82, 2.24) is 5.43 Å². The monoisotopic (exact) mass is 292 g/mol. The van der Waals surface area contributed by atoms with Crippen LogP contribution in [0, 0.1) is 0 Å². The third-order valence-corrected chi connectivity index (χ3v) is 3.47. The first-order valence-corrected chi connectivity index (χ1v) is 6.71. The fourth-order valence-electron chi connectivity index (χ4n) is 1.41. The molecule has 0 atom stereocenters. The number of amides is 1. The number of carbonyl (C=O) groups excluding carboxylic acids is 1. The molecular weight excluding hydrogens is 277 g/mol. The third kappa shape index (κ3) is 5.98. The number of carbonyl (C=O) groups is 1. The summed E-state index contributed by atoms with van der Waals surface area (Å²) in [6.45, 7) is 0. The molecule has 1 rings (SSSR count). The van der Waals surface area contributed by atoms with Crippen molar-refractivity contribution in [3.8, 4) is 0 Å². The molecule has 0 unspecified atom stereocenters. The second-order valence-corrected chi connectivity index (χ2v) is 5.07. The molecule has 0 aliphatic carbocycles. The number of thioether (sulfide) groups is 1. The van der Waals surface area contributed by atoms with E-state index in [1.165, 1.54) is 17.8 Å². The average Bonchev–Trinajstić information content (AvgIpc) is 2.37. The average molecular weight is 292 g/mol. The molecule has 0 aromatic heterocycles. The van der Waals surface area contributed by atoms with E-state index in [0.29, 0.717) is 23.5 Å². The van der Waals surface area contributed by atoms with E-state index in [1.807, 2.05) is 5.43 Å². The van der Waals surface area contributed by atoms with Crippen LogP contribution in [-0.2, 0) is 11.0 Å². The molecular formula is C12H15F3N2OS. The van der Waals surface area contributed by atoms with Crippen LogP contribution in [-0.4, -0.2) is 11.7 Å². The molecule has 0 aliphatic heterocycles. The van der Waals surface area contributed by atoms with Crippen LogP contribution < -0.4 is 11.3 Å². The number of hydrazine groups is 1. The summed E-state index contributed by atoms with van der Waals surface area (Å²) in [7, 11) is 0. The molecule has 1 aromatic rings. The summed E-state index contributed by atoms with van der Waals surface area (Å²) in [5, 5.41) is 0. The molecule has 0 bridgehead atoms. The molecule has 0 saturated heterocycles. The molecule has 1 amide bonds. The summed E-state index contributed by atoms with van der Waals surface area (Å²) in [5.74, 6) is 5.36. The van der Waals surface area contributed by atoms with Gasteiger partial charge in [0.05, 0.1) is 5.56 Å². The molecule has 0 spiro atoms. The molecule has 19 heavy (non-hydrogen) atoms. The number of hydrogen-bond donors (Lipinski definition) is 2. The largest absolute Gasteiger partial charge is 0.416 e. The van der Waals surface area contributed by atoms with E-state index in [1.54, 1.807) is 6.07 Å². The van der Waals surface area contributed by atoms with Crippen LogP contribution in [0.25, 0.3) is 0 Å². The van der Waals surface area contributed by atoms with Gasteiger partial charge >= 0.3 is 6.18 Å². The number of nitrogens with two attached hydrogens (primary N) is 1. The van der Waals surface area contributed by atoms with Crippen molar-refractivity contribution in [2.24, 2.45) is 5.84 Å². The van der Waals surface area contributed by atoms with Gasteiger partial charge in [0.2, 0.25) is 5.91 Å². The zero-order valence-electron chi connectivity index (χ0n) is 10.2. The quantitative estimate of drug-likeness (QED) is 0.279. The van der Waals surface area contributed by atoms with E-state index in [0.717, 1.165) is 18.6 Å². The van der Waals surface area contributed by atoms with Gasteiger partial charge in [-0.2, -0.15) is 13.2 Å². The highest BCUT2D eigenvalue weighted by Gasteiger charge is 2.30. The highest BCUT2D eigenvalue weighted by Crippen LogP contribution is 2.32. The third-order valence-electron chi connectivity index (χ3n) is 2.39. The summed E-state index contributed by atoms with van der Waals surface area (Å²) < 4.78 is 37.4. The van der Waals surface area contributed by atoms with Crippen molar-refractivity contribution in [3.05, 3.63) is 29.8 Å². The predicted octanol–water partition coefficient (Wildman–Crippen LogP) is 2.96. The van der Waals surface area contributed by atoms with Crippen molar-refractivity contribution in [2.75, 3.05) is 5.75 Å². The van der Waals surface area contributed by atoms with Gasteiger partial charge in [-0.1, -0.05) is 6.07 Å². The van der Waals surface area contributed by atoms with E-state index in [9.17, 15) is 18.0 Å². The zero-order valence-corrected chi connectivity index (χ0v) is 11.0. The summed E-state index contributed by atoms with van der Waals surface area (Å²) in [5.41, 5.74) is 1.39. The first-order valence-electron chi connectivity index (χ1n) is 5.73. The summed E-state index contributed by atoms with van der Waals surface area (Å²) >= 11 is 1.35. The number of nitrogens with one attached hydrogen (secondary N) is 1. The maximum absolute atomic E-state index is 12.5. The Morgan fingerprint density at radius 1 is 1.32 bits per heavy atom. The highest BCUT2D eigenvalue weighted by atomic mass is 32.2. The summed E-state index contributed by atoms with van der Waals surface area (Å²) in [4.78, 5) is 11.4. The van der Waals surface area contributed by atoms with Crippen molar-refractivity contribution in [2.45, 2.75) is 30.3 Å². The van der Waals surface area contributed by atoms with Crippen LogP contribution in [0.4, 0.5) is 13.2 Å². The Labute approximate surface area is 113 Å². The fourth-order valence-corrected chi connectivity index (χ4v) is 2.38. The van der Waals surface area contributed by atoms with Gasteiger partial charge in [-0.05, 0) is 36.8 Å². The second-order valence-electron chi connectivity index (χ2n) is 3.90. The first kappa shape index (κ1) is 15.8. The van der Waals surface area contributed by atoms with Crippen LogP contribution >= 0.6 is 11.8 Å². The van der Waals surface area contributed by atoms with Gasteiger partial charge in [-0.15, -0.1) is 11.8 Å². The number of unbranched alkanes of at least 4 members (excludes halogenated alkanes) is 1. The van der Waals surface area contributed by atoms with Crippen molar-refractivity contribution >= 4 is 17.7 Å². The SMILES string of the molecule is NNC(=O)CCCCSc1cccc(C(F)(F)F)c1. The van der Waals surface area contributed by atoms with Crippen LogP contribution in [0.15, 0.2) is 29.2 Å². The molecule has 0 heterocycles. The molecule has 0 saturated carbocycles. The maximum atomic E-state index is 12.5. The molecule has 1 aromatic carbocycles. The van der Waals surface area contributed by atoms with Crippen LogP contribution in [0.2, 0.25) is 0 Å². The van der Waals surface area contributed by atoms with E-state index in [4.69, 9.17) is 5.84 Å². The molecule has 3 nitrogen and oxygen atoms in total. The van der Waals surface area contributed by atoms with Gasteiger partial charge in [0.15, 0.2) is 0 Å². The van der Waals surface area contributed by atoms with Crippen LogP contribution in [0.5, 0.6) is 0 Å². The Kier molecular flexibility index (Phi) is 6.17. The minimum Gasteiger partial charge on any atom is -0.294 e. The Morgan fingerprint density at radius 2 is 2.05 bits per heavy atom. The Balaban J connectivity index is 2.36. The lowest BCUT2D eigenvalue weighted by molar-refractivity contribution is -0.137. The molecule has 0 aliphatic rings. The Morgan fingerprint density at radius 3 is 2.68 bits per heavy atom. The van der Waals surface area contributed by atoms with E-state index < -0.39 is 11.7 Å². The van der Waals surface area contributed by atoms with Crippen molar-refractivity contribution < 1.29 is 18.0 Å². The number of hydrogen-bond acceptors (Lipinski definition) is 3. The van der Waals surface area contributed by atoms with Gasteiger partial charge in [0.1, 0.15) is 0 Å². The summed E-state index contributed by atoms with van der Waals surface area (Å²) in [6, 6.07) is 5.23. The molecule has 7 heteroatoms.